The van der Waals surface area contributed by atoms with E-state index >= 15 is 0 Å². The zero-order chi connectivity index (χ0) is 23.0. The van der Waals surface area contributed by atoms with Gasteiger partial charge in [0.05, 0.1) is 6.20 Å². The molecule has 172 valence electrons. The van der Waals surface area contributed by atoms with E-state index < -0.39 is 0 Å². The number of hydrogen-bond acceptors (Lipinski definition) is 5. The molecule has 33 heavy (non-hydrogen) atoms. The molecule has 7 heteroatoms. The number of nitrogens with one attached hydrogen (secondary N) is 1. The second-order valence-corrected chi connectivity index (χ2v) is 8.50. The highest BCUT2D eigenvalue weighted by atomic mass is 16.4. The number of amides is 2. The standard InChI is InChI=1S/C26H30N4O3/c27-26(32)21-13-16-30(17-14-21)15-12-19-6-8-22(9-7-19)29-24(31)10-11-25-28-18-23(33-25)20-4-2-1-3-5-20/h1-9,18,21H,10-17H2,(H2,27,32)(H,29,31). The SMILES string of the molecule is NC(=O)C1CCN(CCc2ccc(NC(=O)CCc3ncc(-c4ccccc4)o3)cc2)CC1. The summed E-state index contributed by atoms with van der Waals surface area (Å²) in [5.74, 6) is 1.04. The van der Waals surface area contributed by atoms with Crippen molar-refractivity contribution in [3.05, 3.63) is 72.2 Å². The van der Waals surface area contributed by atoms with E-state index in [1.54, 1.807) is 6.20 Å². The maximum Gasteiger partial charge on any atom is 0.224 e. The van der Waals surface area contributed by atoms with E-state index in [-0.39, 0.29) is 17.7 Å². The fourth-order valence-corrected chi connectivity index (χ4v) is 4.09. The molecule has 1 saturated heterocycles. The number of primary amides is 1. The van der Waals surface area contributed by atoms with Gasteiger partial charge in [-0.3, -0.25) is 9.59 Å². The summed E-state index contributed by atoms with van der Waals surface area (Å²) in [6.45, 7) is 2.79. The van der Waals surface area contributed by atoms with Gasteiger partial charge in [-0.15, -0.1) is 0 Å². The number of carbonyl (C=O) groups is 2. The van der Waals surface area contributed by atoms with Crippen molar-refractivity contribution in [2.75, 3.05) is 25.0 Å². The van der Waals surface area contributed by atoms with Crippen LogP contribution in [0.4, 0.5) is 5.69 Å². The molecule has 2 heterocycles. The summed E-state index contributed by atoms with van der Waals surface area (Å²) in [7, 11) is 0. The van der Waals surface area contributed by atoms with Crippen molar-refractivity contribution < 1.29 is 14.0 Å². The molecule has 1 aliphatic heterocycles. The molecule has 0 spiro atoms. The number of nitrogens with zero attached hydrogens (tertiary/aromatic N) is 2. The van der Waals surface area contributed by atoms with Gasteiger partial charge in [-0.25, -0.2) is 4.98 Å². The number of aryl methyl sites for hydroxylation is 1. The minimum Gasteiger partial charge on any atom is -0.441 e. The number of likely N-dealkylation sites (tertiary alicyclic amines) is 1. The normalized spacial score (nSPS) is 14.8. The largest absolute Gasteiger partial charge is 0.441 e. The Morgan fingerprint density at radius 1 is 1.03 bits per heavy atom. The van der Waals surface area contributed by atoms with Gasteiger partial charge in [-0.2, -0.15) is 0 Å². The molecule has 0 bridgehead atoms. The third-order valence-electron chi connectivity index (χ3n) is 6.12. The Morgan fingerprint density at radius 2 is 1.76 bits per heavy atom. The van der Waals surface area contributed by atoms with E-state index in [4.69, 9.17) is 10.2 Å². The molecule has 4 rings (SSSR count). The number of nitrogens with two attached hydrogens (primary N) is 1. The minimum absolute atomic E-state index is 0.0265. The highest BCUT2D eigenvalue weighted by molar-refractivity contribution is 5.90. The van der Waals surface area contributed by atoms with Gasteiger partial charge in [0.25, 0.3) is 0 Å². The summed E-state index contributed by atoms with van der Waals surface area (Å²) in [6, 6.07) is 17.7. The summed E-state index contributed by atoms with van der Waals surface area (Å²) < 4.78 is 5.76. The van der Waals surface area contributed by atoms with Crippen molar-refractivity contribution in [1.82, 2.24) is 9.88 Å². The van der Waals surface area contributed by atoms with Crippen molar-refractivity contribution >= 4 is 17.5 Å². The van der Waals surface area contributed by atoms with Crippen LogP contribution in [0, 0.1) is 5.92 Å². The van der Waals surface area contributed by atoms with Gasteiger partial charge >= 0.3 is 0 Å². The smallest absolute Gasteiger partial charge is 0.224 e. The summed E-state index contributed by atoms with van der Waals surface area (Å²) in [5.41, 5.74) is 8.37. The number of hydrogen-bond donors (Lipinski definition) is 2. The molecular formula is C26H30N4O3. The molecule has 2 amide bonds. The van der Waals surface area contributed by atoms with Crippen molar-refractivity contribution in [1.29, 1.82) is 0 Å². The first kappa shape index (κ1) is 22.7. The van der Waals surface area contributed by atoms with Crippen LogP contribution in [-0.4, -0.2) is 41.3 Å². The maximum absolute atomic E-state index is 12.3. The lowest BCUT2D eigenvalue weighted by atomic mass is 9.96. The third kappa shape index (κ3) is 6.52. The molecule has 0 atom stereocenters. The van der Waals surface area contributed by atoms with Gasteiger partial charge in [0.2, 0.25) is 11.8 Å². The van der Waals surface area contributed by atoms with Crippen LogP contribution in [0.15, 0.2) is 65.2 Å². The van der Waals surface area contributed by atoms with Crippen LogP contribution in [0.1, 0.15) is 30.7 Å². The number of benzene rings is 2. The van der Waals surface area contributed by atoms with E-state index in [0.717, 1.165) is 50.1 Å². The summed E-state index contributed by atoms with van der Waals surface area (Å²) in [4.78, 5) is 30.3. The first-order chi connectivity index (χ1) is 16.1. The number of anilines is 1. The average Bonchev–Trinajstić information content (AvgIpc) is 3.32. The average molecular weight is 447 g/mol. The van der Waals surface area contributed by atoms with Gasteiger partial charge in [0, 0.05) is 36.6 Å². The predicted molar refractivity (Wildman–Crippen MR) is 127 cm³/mol. The molecule has 2 aromatic carbocycles. The second kappa shape index (κ2) is 10.9. The van der Waals surface area contributed by atoms with E-state index in [2.05, 4.69) is 15.2 Å². The molecule has 7 nitrogen and oxygen atoms in total. The van der Waals surface area contributed by atoms with E-state index in [1.807, 2.05) is 54.6 Å². The molecule has 3 aromatic rings. The molecular weight excluding hydrogens is 416 g/mol. The van der Waals surface area contributed by atoms with Gasteiger partial charge in [0.1, 0.15) is 0 Å². The van der Waals surface area contributed by atoms with Crippen molar-refractivity contribution in [3.63, 3.8) is 0 Å². The Kier molecular flexibility index (Phi) is 7.52. The number of rotatable bonds is 9. The molecule has 1 aliphatic rings. The second-order valence-electron chi connectivity index (χ2n) is 8.50. The van der Waals surface area contributed by atoms with Crippen LogP contribution < -0.4 is 11.1 Å². The Balaban J connectivity index is 1.19. The summed E-state index contributed by atoms with van der Waals surface area (Å²) in [6.07, 6.45) is 5.08. The Bertz CT molecular complexity index is 1050. The zero-order valence-corrected chi connectivity index (χ0v) is 18.7. The van der Waals surface area contributed by atoms with Crippen LogP contribution in [0.3, 0.4) is 0 Å². The number of oxazole rings is 1. The minimum atomic E-state index is -0.176. The number of piperidine rings is 1. The summed E-state index contributed by atoms with van der Waals surface area (Å²) in [5, 5.41) is 2.94. The van der Waals surface area contributed by atoms with Crippen LogP contribution >= 0.6 is 0 Å². The van der Waals surface area contributed by atoms with Gasteiger partial charge in [0.15, 0.2) is 11.7 Å². The quantitative estimate of drug-likeness (QED) is 0.522. The Hall–Kier alpha value is -3.45. The van der Waals surface area contributed by atoms with Gasteiger partial charge in [-0.1, -0.05) is 42.5 Å². The maximum atomic E-state index is 12.3. The zero-order valence-electron chi connectivity index (χ0n) is 18.7. The van der Waals surface area contributed by atoms with Crippen LogP contribution in [-0.2, 0) is 22.4 Å². The lowest BCUT2D eigenvalue weighted by Gasteiger charge is -2.30. The number of carbonyl (C=O) groups excluding carboxylic acids is 2. The fourth-order valence-electron chi connectivity index (χ4n) is 4.09. The molecule has 0 unspecified atom stereocenters. The lowest BCUT2D eigenvalue weighted by molar-refractivity contribution is -0.123. The molecule has 1 fully saturated rings. The first-order valence-corrected chi connectivity index (χ1v) is 11.5. The van der Waals surface area contributed by atoms with Crippen LogP contribution in [0.2, 0.25) is 0 Å². The van der Waals surface area contributed by atoms with Crippen LogP contribution in [0.25, 0.3) is 11.3 Å². The highest BCUT2D eigenvalue weighted by Gasteiger charge is 2.22. The van der Waals surface area contributed by atoms with Crippen molar-refractivity contribution in [3.8, 4) is 11.3 Å². The first-order valence-electron chi connectivity index (χ1n) is 11.5. The molecule has 0 aliphatic carbocycles. The van der Waals surface area contributed by atoms with E-state index in [9.17, 15) is 9.59 Å². The Labute approximate surface area is 194 Å². The monoisotopic (exact) mass is 446 g/mol. The highest BCUT2D eigenvalue weighted by Crippen LogP contribution is 2.21. The van der Waals surface area contributed by atoms with Gasteiger partial charge < -0.3 is 20.4 Å². The lowest BCUT2D eigenvalue weighted by Crippen LogP contribution is -2.39. The molecule has 0 saturated carbocycles. The molecule has 1 aromatic heterocycles. The van der Waals surface area contributed by atoms with Crippen molar-refractivity contribution in [2.24, 2.45) is 11.7 Å². The number of aromatic nitrogens is 1. The van der Waals surface area contributed by atoms with Crippen LogP contribution in [0.5, 0.6) is 0 Å². The van der Waals surface area contributed by atoms with E-state index in [0.29, 0.717) is 24.5 Å². The fraction of sp³-hybridized carbons (Fsp3) is 0.346. The topological polar surface area (TPSA) is 101 Å². The van der Waals surface area contributed by atoms with Crippen molar-refractivity contribution in [2.45, 2.75) is 32.1 Å². The summed E-state index contributed by atoms with van der Waals surface area (Å²) >= 11 is 0. The van der Waals surface area contributed by atoms with E-state index in [1.165, 1.54) is 5.56 Å². The Morgan fingerprint density at radius 3 is 2.45 bits per heavy atom. The van der Waals surface area contributed by atoms with Gasteiger partial charge in [-0.05, 0) is 50.0 Å². The third-order valence-corrected chi connectivity index (χ3v) is 6.12. The molecule has 0 radical (unpaired) electrons. The predicted octanol–water partition coefficient (Wildman–Crippen LogP) is 3.65. The molecule has 3 N–H and O–H groups in total.